The Morgan fingerprint density at radius 3 is 0.738 bits per heavy atom. The van der Waals surface area contributed by atoms with Gasteiger partial charge in [-0.2, -0.15) is 0 Å². The average Bonchev–Trinajstić information content (AvgIpc) is 4.05. The van der Waals surface area contributed by atoms with Gasteiger partial charge in [-0.1, -0.05) is 72.8 Å². The maximum Gasteiger partial charge on any atom is 4.00 e. The van der Waals surface area contributed by atoms with Gasteiger partial charge < -0.3 is 82.5 Å². The van der Waals surface area contributed by atoms with Crippen molar-refractivity contribution in [3.63, 3.8) is 0 Å². The van der Waals surface area contributed by atoms with Gasteiger partial charge in [0.15, 0.2) is 0 Å². The van der Waals surface area contributed by atoms with Crippen LogP contribution >= 0.6 is 0 Å². The van der Waals surface area contributed by atoms with Crippen molar-refractivity contribution in [1.29, 1.82) is 0 Å². The van der Waals surface area contributed by atoms with Gasteiger partial charge in [-0.25, -0.2) is 0 Å². The van der Waals surface area contributed by atoms with Crippen LogP contribution in [0.2, 0.25) is 0 Å². The van der Waals surface area contributed by atoms with Gasteiger partial charge in [0.1, 0.15) is 0 Å². The van der Waals surface area contributed by atoms with Gasteiger partial charge in [-0.15, -0.1) is 0 Å². The molecular weight excluding hydrogens is 860 g/mol. The summed E-state index contributed by atoms with van der Waals surface area (Å²) >= 11 is 0. The molecule has 0 radical (unpaired) electrons. The van der Waals surface area contributed by atoms with E-state index in [1.54, 1.807) is 24.8 Å². The summed E-state index contributed by atoms with van der Waals surface area (Å²) in [6, 6.07) is 27.0. The van der Waals surface area contributed by atoms with E-state index in [1.807, 2.05) is 97.1 Å². The van der Waals surface area contributed by atoms with E-state index >= 15 is 0 Å². The van der Waals surface area contributed by atoms with Crippen molar-refractivity contribution < 1.29 is 65.8 Å². The van der Waals surface area contributed by atoms with Crippen LogP contribution in [0.4, 0.5) is 0 Å². The van der Waals surface area contributed by atoms with Crippen LogP contribution in [0.15, 0.2) is 122 Å². The monoisotopic (exact) mass is 902 g/mol. The van der Waals surface area contributed by atoms with E-state index in [1.165, 1.54) is 0 Å². The number of para-hydroxylation sites is 4. The molecule has 61 heavy (non-hydrogen) atoms. The van der Waals surface area contributed by atoms with Crippen molar-refractivity contribution in [1.82, 2.24) is 19.9 Å². The second-order valence-corrected chi connectivity index (χ2v) is 14.0. The van der Waals surface area contributed by atoms with Crippen LogP contribution < -0.4 is 43.4 Å². The number of aromatic amines is 4. The number of nitrogens with one attached hydrogen (secondary N) is 4. The molecule has 0 saturated carbocycles. The standard InChI is InChI=1S/4C11H12N2O2.Zr/c4*12-9(11(14)15)5-7-6-13-10-4-2-1-3-8(7)10;/h4*1-4,6,9,13H,5,12H2,(H,14,15);/q;;;;+4/p-4/t4*9-;/m0000./s1. The Balaban J connectivity index is 0.000000178. The minimum atomic E-state index is -1.22. The summed E-state index contributed by atoms with van der Waals surface area (Å²) in [5.41, 5.74) is 29.2. The molecule has 8 aromatic rings. The number of carbonyl (C=O) groups is 4. The molecule has 0 saturated heterocycles. The molecule has 0 aliphatic carbocycles. The van der Waals surface area contributed by atoms with Gasteiger partial charge in [0, 0.05) is 92.6 Å². The fraction of sp³-hybridized carbons (Fsp3) is 0.182. The summed E-state index contributed by atoms with van der Waals surface area (Å²) in [5.74, 6) is -4.89. The number of benzene rings is 4. The molecule has 0 aliphatic rings. The van der Waals surface area contributed by atoms with Crippen molar-refractivity contribution in [3.05, 3.63) is 144 Å². The Morgan fingerprint density at radius 2 is 0.557 bits per heavy atom. The van der Waals surface area contributed by atoms with E-state index in [0.29, 0.717) is 0 Å². The zero-order valence-corrected chi connectivity index (χ0v) is 35.2. The van der Waals surface area contributed by atoms with E-state index in [9.17, 15) is 39.6 Å². The first-order valence-corrected chi connectivity index (χ1v) is 18.8. The Morgan fingerprint density at radius 1 is 0.377 bits per heavy atom. The number of hydrogen-bond donors (Lipinski definition) is 8. The molecule has 312 valence electrons. The third kappa shape index (κ3) is 12.8. The number of fused-ring (bicyclic) bond motifs is 4. The molecule has 16 nitrogen and oxygen atoms in total. The molecule has 0 amide bonds. The van der Waals surface area contributed by atoms with E-state index in [-0.39, 0.29) is 51.9 Å². The molecule has 0 aliphatic heterocycles. The summed E-state index contributed by atoms with van der Waals surface area (Å²) in [6.07, 6.45) is 8.28. The third-order valence-electron chi connectivity index (χ3n) is 9.67. The number of aliphatic carboxylic acids is 4. The van der Waals surface area contributed by atoms with Gasteiger partial charge in [0.25, 0.3) is 0 Å². The molecular formula is C44H44N8O8Zr. The number of carboxylic acid groups (broad SMARTS) is 4. The van der Waals surface area contributed by atoms with E-state index in [2.05, 4.69) is 19.9 Å². The van der Waals surface area contributed by atoms with Crippen LogP contribution in [-0.2, 0) is 71.1 Å². The normalized spacial score (nSPS) is 12.7. The van der Waals surface area contributed by atoms with Crippen LogP contribution in [-0.4, -0.2) is 68.0 Å². The summed E-state index contributed by atoms with van der Waals surface area (Å²) in [6.45, 7) is 0. The molecule has 0 unspecified atom stereocenters. The maximum absolute atomic E-state index is 10.5. The number of carbonyl (C=O) groups excluding carboxylic acids is 4. The van der Waals surface area contributed by atoms with Crippen molar-refractivity contribution >= 4 is 67.5 Å². The molecule has 0 spiro atoms. The minimum absolute atomic E-state index is 0. The predicted octanol–water partition coefficient (Wildman–Crippen LogP) is -0.852. The second-order valence-electron chi connectivity index (χ2n) is 14.0. The number of aromatic nitrogens is 4. The average molecular weight is 904 g/mol. The Bertz CT molecular complexity index is 2340. The predicted molar refractivity (Wildman–Crippen MR) is 220 cm³/mol. The summed E-state index contributed by atoms with van der Waals surface area (Å²) in [7, 11) is 0. The maximum atomic E-state index is 10.5. The fourth-order valence-electron chi connectivity index (χ4n) is 6.48. The van der Waals surface area contributed by atoms with Crippen molar-refractivity contribution in [2.75, 3.05) is 0 Å². The quantitative estimate of drug-likeness (QED) is 0.0744. The molecule has 12 N–H and O–H groups in total. The number of hydrogen-bond acceptors (Lipinski definition) is 12. The second kappa shape index (κ2) is 22.3. The van der Waals surface area contributed by atoms with Crippen LogP contribution in [0.3, 0.4) is 0 Å². The topological polar surface area (TPSA) is 328 Å². The van der Waals surface area contributed by atoms with E-state index in [0.717, 1.165) is 65.9 Å². The van der Waals surface area contributed by atoms with Crippen molar-refractivity contribution in [2.45, 2.75) is 49.9 Å². The summed E-state index contributed by atoms with van der Waals surface area (Å²) in [5, 5.41) is 46.1. The zero-order chi connectivity index (χ0) is 43.3. The largest absolute Gasteiger partial charge is 4.00 e. The van der Waals surface area contributed by atoms with E-state index in [4.69, 9.17) is 22.9 Å². The molecule has 4 heterocycles. The van der Waals surface area contributed by atoms with Gasteiger partial charge in [-0.05, 0) is 72.2 Å². The number of nitrogens with two attached hydrogens (primary N) is 4. The number of H-pyrrole nitrogens is 4. The van der Waals surface area contributed by atoms with Crippen molar-refractivity contribution in [2.24, 2.45) is 22.9 Å². The van der Waals surface area contributed by atoms with Gasteiger partial charge in [0.05, 0.1) is 23.9 Å². The Labute approximate surface area is 368 Å². The number of carboxylic acids is 4. The minimum Gasteiger partial charge on any atom is -0.548 e. The first kappa shape index (κ1) is 47.3. The SMILES string of the molecule is N[C@@H](Cc1c[nH]c2ccccc12)C(=O)[O-].N[C@@H](Cc1c[nH]c2ccccc12)C(=O)[O-].N[C@@H](Cc1c[nH]c2ccccc12)C(=O)[O-].N[C@@H](Cc1c[nH]c2ccccc12)C(=O)[O-].[Zr+4]. The van der Waals surface area contributed by atoms with Crippen molar-refractivity contribution in [3.8, 4) is 0 Å². The van der Waals surface area contributed by atoms with Crippen LogP contribution in [0.25, 0.3) is 43.6 Å². The first-order valence-electron chi connectivity index (χ1n) is 18.8. The number of rotatable bonds is 12. The van der Waals surface area contributed by atoms with Gasteiger partial charge in [0.2, 0.25) is 0 Å². The Kier molecular flexibility index (Phi) is 17.3. The molecule has 0 bridgehead atoms. The van der Waals surface area contributed by atoms with Crippen LogP contribution in [0.1, 0.15) is 22.3 Å². The molecule has 8 rings (SSSR count). The third-order valence-corrected chi connectivity index (χ3v) is 9.67. The molecule has 4 aromatic carbocycles. The summed E-state index contributed by atoms with van der Waals surface area (Å²) in [4.78, 5) is 54.3. The first-order chi connectivity index (χ1) is 28.7. The van der Waals surface area contributed by atoms with Gasteiger partial charge >= 0.3 is 26.2 Å². The van der Waals surface area contributed by atoms with E-state index < -0.39 is 48.0 Å². The summed E-state index contributed by atoms with van der Waals surface area (Å²) < 4.78 is 0. The molecule has 0 fully saturated rings. The Hall–Kier alpha value is -6.36. The van der Waals surface area contributed by atoms with Crippen LogP contribution in [0.5, 0.6) is 0 Å². The molecule has 4 aromatic heterocycles. The molecule has 17 heteroatoms. The molecule has 4 atom stereocenters. The zero-order valence-electron chi connectivity index (χ0n) is 32.8. The smallest absolute Gasteiger partial charge is 0.548 e. The fourth-order valence-corrected chi connectivity index (χ4v) is 6.48. The van der Waals surface area contributed by atoms with Crippen LogP contribution in [0, 0.1) is 0 Å². The van der Waals surface area contributed by atoms with Gasteiger partial charge in [-0.3, -0.25) is 0 Å².